The number of carbonyl (C=O) groups excluding carboxylic acids is 2. The first-order valence-electron chi connectivity index (χ1n) is 16.1. The first kappa shape index (κ1) is 30.2. The third-order valence-electron chi connectivity index (χ3n) is 10.2. The molecule has 1 aliphatic carbocycles. The number of hydrogen-bond donors (Lipinski definition) is 2. The number of rotatable bonds is 6. The number of phenols is 1. The molecule has 1 saturated carbocycles. The number of hydrogen-bond acceptors (Lipinski definition) is 7. The van der Waals surface area contributed by atoms with Crippen LogP contribution in [0.3, 0.4) is 0 Å². The van der Waals surface area contributed by atoms with Crippen molar-refractivity contribution in [3.63, 3.8) is 0 Å². The Morgan fingerprint density at radius 3 is 2.24 bits per heavy atom. The van der Waals surface area contributed by atoms with Crippen LogP contribution in [0, 0.1) is 12.8 Å². The molecule has 8 rings (SSSR count). The van der Waals surface area contributed by atoms with E-state index in [0.29, 0.717) is 33.8 Å². The Hall–Kier alpha value is -6.10. The van der Waals surface area contributed by atoms with E-state index < -0.39 is 46.5 Å². The Morgan fingerprint density at radius 2 is 1.55 bits per heavy atom. The lowest BCUT2D eigenvalue weighted by molar-refractivity contribution is -0.138. The third kappa shape index (κ3) is 4.35. The summed E-state index contributed by atoms with van der Waals surface area (Å²) < 4.78 is 9.50. The van der Waals surface area contributed by atoms with Gasteiger partial charge in [-0.2, -0.15) is 5.01 Å². The molecule has 49 heavy (non-hydrogen) atoms. The molecule has 246 valence electrons. The molecule has 1 aromatic heterocycles. The van der Waals surface area contributed by atoms with Gasteiger partial charge < -0.3 is 9.84 Å². The van der Waals surface area contributed by atoms with Gasteiger partial charge in [-0.05, 0) is 66.9 Å². The quantitative estimate of drug-likeness (QED) is 0.205. The van der Waals surface area contributed by atoms with Crippen molar-refractivity contribution in [3.05, 3.63) is 152 Å². The van der Waals surface area contributed by atoms with Crippen molar-refractivity contribution in [2.75, 3.05) is 12.5 Å². The van der Waals surface area contributed by atoms with Gasteiger partial charge in [0.05, 0.1) is 42.4 Å². The second-order valence-corrected chi connectivity index (χ2v) is 12.7. The Morgan fingerprint density at radius 1 is 0.857 bits per heavy atom. The number of phenolic OH excluding ortho intramolecular Hbond substituents is 1. The van der Waals surface area contributed by atoms with Crippen LogP contribution in [-0.4, -0.2) is 43.0 Å². The van der Waals surface area contributed by atoms with Crippen LogP contribution in [0.1, 0.15) is 35.1 Å². The number of hydrazine groups is 1. The van der Waals surface area contributed by atoms with Crippen LogP contribution in [0.2, 0.25) is 0 Å². The largest absolute Gasteiger partial charge is 0.508 e. The highest BCUT2D eigenvalue weighted by Gasteiger charge is 2.69. The number of methoxy groups -OCH3 is 1. The fourth-order valence-electron chi connectivity index (χ4n) is 8.04. The lowest BCUT2D eigenvalue weighted by Gasteiger charge is -2.49. The predicted octanol–water partition coefficient (Wildman–Crippen LogP) is 4.44. The highest BCUT2D eigenvalue weighted by Crippen LogP contribution is 2.63. The maximum absolute atomic E-state index is 15.2. The fourth-order valence-corrected chi connectivity index (χ4v) is 8.04. The number of allylic oxidation sites excluding steroid dienone is 2. The molecule has 2 aliphatic heterocycles. The van der Waals surface area contributed by atoms with Crippen molar-refractivity contribution in [3.8, 4) is 17.2 Å². The summed E-state index contributed by atoms with van der Waals surface area (Å²) in [6.45, 7) is 1.99. The molecule has 3 heterocycles. The van der Waals surface area contributed by atoms with Crippen LogP contribution in [0.5, 0.6) is 11.5 Å². The van der Waals surface area contributed by atoms with Crippen LogP contribution in [0.4, 0.5) is 5.69 Å². The van der Waals surface area contributed by atoms with Gasteiger partial charge in [-0.15, -0.1) is 0 Å². The van der Waals surface area contributed by atoms with Gasteiger partial charge in [-0.3, -0.25) is 15.0 Å². The second-order valence-electron chi connectivity index (χ2n) is 12.7. The van der Waals surface area contributed by atoms with Gasteiger partial charge >= 0.3 is 11.4 Å². The highest BCUT2D eigenvalue weighted by atomic mass is 16.5. The Bertz CT molecular complexity index is 2270. The minimum Gasteiger partial charge on any atom is -0.508 e. The number of aromatic nitrogens is 3. The number of amides is 2. The minimum absolute atomic E-state index is 0.0456. The van der Waals surface area contributed by atoms with Crippen molar-refractivity contribution in [1.29, 1.82) is 0 Å². The first-order chi connectivity index (χ1) is 23.7. The summed E-state index contributed by atoms with van der Waals surface area (Å²) in [5.41, 5.74) is 4.08. The molecule has 0 bridgehead atoms. The van der Waals surface area contributed by atoms with E-state index in [1.54, 1.807) is 54.6 Å². The minimum atomic E-state index is -1.53. The lowest BCUT2D eigenvalue weighted by atomic mass is 9.53. The van der Waals surface area contributed by atoms with E-state index in [1.807, 2.05) is 55.5 Å². The molecule has 0 spiro atoms. The molecule has 2 fully saturated rings. The number of nitrogens with one attached hydrogen (secondary N) is 1. The molecule has 3 aliphatic rings. The van der Waals surface area contributed by atoms with E-state index in [1.165, 1.54) is 22.5 Å². The number of benzene rings is 4. The molecule has 0 radical (unpaired) electrons. The Labute approximate surface area is 280 Å². The standard InChI is InChI=1S/C38H33N5O6/c1-23-13-15-25(16-14-23)39-42-34(45)30-22-31-28(19-20-40-36(47)41(37(48)43(31)40)26-11-7-4-8-12-26)33(29-21-27(49-2)17-18-32(29)44)38(30,35(42)46)24-9-5-3-6-10-24/h3-19,21,30-31,33,39,44H,20,22H2,1-2H3/t30-,31+,33+,38+/m0/s1. The molecular formula is C38H33N5O6. The summed E-state index contributed by atoms with van der Waals surface area (Å²) in [6, 6.07) is 29.2. The number of anilines is 1. The number of ether oxygens (including phenoxy) is 1. The van der Waals surface area contributed by atoms with Crippen molar-refractivity contribution in [2.45, 2.75) is 37.3 Å². The highest BCUT2D eigenvalue weighted by molar-refractivity contribution is 6.12. The van der Waals surface area contributed by atoms with E-state index >= 15 is 4.79 Å². The van der Waals surface area contributed by atoms with Crippen molar-refractivity contribution >= 4 is 17.5 Å². The average molecular weight is 656 g/mol. The summed E-state index contributed by atoms with van der Waals surface area (Å²) in [5.74, 6) is -2.53. The molecule has 2 amide bonds. The Balaban J connectivity index is 1.39. The van der Waals surface area contributed by atoms with Crippen LogP contribution in [0.15, 0.2) is 124 Å². The number of fused-ring (bicyclic) bond motifs is 4. The van der Waals surface area contributed by atoms with Gasteiger partial charge in [0, 0.05) is 11.5 Å². The molecule has 2 N–H and O–H groups in total. The zero-order valence-corrected chi connectivity index (χ0v) is 26.8. The molecule has 4 atom stereocenters. The van der Waals surface area contributed by atoms with Crippen molar-refractivity contribution < 1.29 is 19.4 Å². The van der Waals surface area contributed by atoms with Gasteiger partial charge in [0.2, 0.25) is 0 Å². The van der Waals surface area contributed by atoms with E-state index in [-0.39, 0.29) is 18.7 Å². The topological polar surface area (TPSA) is 128 Å². The number of nitrogens with zero attached hydrogens (tertiary/aromatic N) is 4. The Kier molecular flexibility index (Phi) is 6.95. The zero-order chi connectivity index (χ0) is 34.0. The molecule has 0 unspecified atom stereocenters. The van der Waals surface area contributed by atoms with Crippen molar-refractivity contribution in [1.82, 2.24) is 18.9 Å². The predicted molar refractivity (Wildman–Crippen MR) is 182 cm³/mol. The number of imide groups is 1. The summed E-state index contributed by atoms with van der Waals surface area (Å²) in [4.78, 5) is 58.0. The van der Waals surface area contributed by atoms with Gasteiger partial charge in [-0.25, -0.2) is 23.5 Å². The van der Waals surface area contributed by atoms with E-state index in [2.05, 4.69) is 5.43 Å². The fraction of sp³-hybridized carbons (Fsp3) is 0.211. The van der Waals surface area contributed by atoms with Gasteiger partial charge in [-0.1, -0.05) is 72.3 Å². The van der Waals surface area contributed by atoms with Crippen LogP contribution in [0.25, 0.3) is 5.69 Å². The molecule has 11 nitrogen and oxygen atoms in total. The molecule has 1 saturated heterocycles. The van der Waals surface area contributed by atoms with Gasteiger partial charge in [0.1, 0.15) is 11.5 Å². The number of aromatic hydroxyl groups is 1. The van der Waals surface area contributed by atoms with Crippen LogP contribution >= 0.6 is 0 Å². The monoisotopic (exact) mass is 655 g/mol. The first-order valence-corrected chi connectivity index (χ1v) is 16.1. The number of para-hydroxylation sites is 1. The molecule has 5 aromatic rings. The lowest BCUT2D eigenvalue weighted by Crippen LogP contribution is -2.53. The van der Waals surface area contributed by atoms with E-state index in [0.717, 1.165) is 15.1 Å². The molecule has 11 heteroatoms. The smallest absolute Gasteiger partial charge is 0.352 e. The number of carbonyl (C=O) groups is 2. The maximum atomic E-state index is 15.2. The zero-order valence-electron chi connectivity index (χ0n) is 26.8. The summed E-state index contributed by atoms with van der Waals surface area (Å²) >= 11 is 0. The summed E-state index contributed by atoms with van der Waals surface area (Å²) in [5, 5.41) is 12.6. The summed E-state index contributed by atoms with van der Waals surface area (Å²) in [6.07, 6.45) is 1.91. The third-order valence-corrected chi connectivity index (χ3v) is 10.2. The van der Waals surface area contributed by atoms with Crippen molar-refractivity contribution in [2.24, 2.45) is 5.92 Å². The second kappa shape index (κ2) is 11.3. The maximum Gasteiger partial charge on any atom is 0.352 e. The van der Waals surface area contributed by atoms with E-state index in [9.17, 15) is 19.5 Å². The van der Waals surface area contributed by atoms with Crippen LogP contribution < -0.4 is 21.5 Å². The van der Waals surface area contributed by atoms with Gasteiger partial charge in [0.15, 0.2) is 0 Å². The molecular weight excluding hydrogens is 622 g/mol. The van der Waals surface area contributed by atoms with Gasteiger partial charge in [0.25, 0.3) is 11.8 Å². The SMILES string of the molecule is COc1ccc(O)c([C@H]2C3=CCn4c(=O)n(-c5ccccc5)c(=O)n4[C@@H]3C[C@H]3C(=O)N(Nc4ccc(C)cc4)C(=O)[C@@]23c2ccccc2)c1. The van der Waals surface area contributed by atoms with Crippen LogP contribution in [-0.2, 0) is 21.5 Å². The molecule has 4 aromatic carbocycles. The van der Waals surface area contributed by atoms with E-state index in [4.69, 9.17) is 4.74 Å². The normalized spacial score (nSPS) is 22.6. The summed E-state index contributed by atoms with van der Waals surface area (Å²) in [7, 11) is 1.51. The average Bonchev–Trinajstić information content (AvgIpc) is 3.51. The number of aryl methyl sites for hydroxylation is 1.